The number of para-hydroxylation sites is 1. The SMILES string of the molecule is CCOC(=O)c1cc2c(ccn2C)n1CC(=O)N1CCN(c2ccccc2F)CC1. The fraction of sp³-hybridized carbons (Fsp3) is 0.364. The molecule has 8 heteroatoms. The maximum atomic E-state index is 14.0. The van der Waals surface area contributed by atoms with Crippen molar-refractivity contribution in [2.45, 2.75) is 13.5 Å². The first kappa shape index (κ1) is 20.0. The highest BCUT2D eigenvalue weighted by Crippen LogP contribution is 2.23. The van der Waals surface area contributed by atoms with Gasteiger partial charge in [0.2, 0.25) is 5.91 Å². The Hall–Kier alpha value is -3.29. The first-order valence-corrected chi connectivity index (χ1v) is 10.1. The quantitative estimate of drug-likeness (QED) is 0.605. The molecule has 0 aliphatic carbocycles. The topological polar surface area (TPSA) is 59.7 Å². The van der Waals surface area contributed by atoms with E-state index in [0.29, 0.717) is 37.6 Å². The molecule has 0 spiro atoms. The minimum atomic E-state index is -0.439. The van der Waals surface area contributed by atoms with E-state index in [-0.39, 0.29) is 24.9 Å². The molecule has 4 rings (SSSR count). The number of hydrogen-bond donors (Lipinski definition) is 0. The van der Waals surface area contributed by atoms with Gasteiger partial charge in [0.25, 0.3) is 0 Å². The van der Waals surface area contributed by atoms with E-state index in [1.54, 1.807) is 34.6 Å². The molecule has 3 heterocycles. The van der Waals surface area contributed by atoms with Crippen molar-refractivity contribution < 1.29 is 18.7 Å². The van der Waals surface area contributed by atoms with Crippen molar-refractivity contribution in [1.82, 2.24) is 14.0 Å². The number of aromatic nitrogens is 2. The number of carbonyl (C=O) groups is 2. The van der Waals surface area contributed by atoms with Crippen LogP contribution in [0.3, 0.4) is 0 Å². The summed E-state index contributed by atoms with van der Waals surface area (Å²) in [6, 6.07) is 10.3. The van der Waals surface area contributed by atoms with Crippen LogP contribution >= 0.6 is 0 Å². The Balaban J connectivity index is 1.49. The third kappa shape index (κ3) is 3.65. The third-order valence-electron chi connectivity index (χ3n) is 5.56. The van der Waals surface area contributed by atoms with Crippen LogP contribution in [0.5, 0.6) is 0 Å². The van der Waals surface area contributed by atoms with E-state index in [9.17, 15) is 14.0 Å². The molecule has 0 atom stereocenters. The van der Waals surface area contributed by atoms with E-state index < -0.39 is 5.97 Å². The number of fused-ring (bicyclic) bond motifs is 1. The van der Waals surface area contributed by atoms with Gasteiger partial charge in [0, 0.05) is 39.4 Å². The number of rotatable bonds is 5. The van der Waals surface area contributed by atoms with Crippen LogP contribution in [-0.2, 0) is 23.1 Å². The largest absolute Gasteiger partial charge is 0.461 e. The number of benzene rings is 1. The predicted molar refractivity (Wildman–Crippen MR) is 112 cm³/mol. The molecule has 0 unspecified atom stereocenters. The highest BCUT2D eigenvalue weighted by atomic mass is 19.1. The zero-order chi connectivity index (χ0) is 21.3. The lowest BCUT2D eigenvalue weighted by molar-refractivity contribution is -0.132. The highest BCUT2D eigenvalue weighted by Gasteiger charge is 2.25. The molecule has 0 radical (unpaired) electrons. The van der Waals surface area contributed by atoms with E-state index in [4.69, 9.17) is 4.74 Å². The lowest BCUT2D eigenvalue weighted by Crippen LogP contribution is -2.50. The lowest BCUT2D eigenvalue weighted by Gasteiger charge is -2.36. The second kappa shape index (κ2) is 8.22. The van der Waals surface area contributed by atoms with Crippen molar-refractivity contribution in [2.24, 2.45) is 7.05 Å². The molecule has 7 nitrogen and oxygen atoms in total. The highest BCUT2D eigenvalue weighted by molar-refractivity contribution is 5.96. The number of esters is 1. The third-order valence-corrected chi connectivity index (χ3v) is 5.56. The van der Waals surface area contributed by atoms with Crippen LogP contribution in [0.1, 0.15) is 17.4 Å². The van der Waals surface area contributed by atoms with Gasteiger partial charge < -0.3 is 23.7 Å². The van der Waals surface area contributed by atoms with Gasteiger partial charge in [-0.05, 0) is 31.2 Å². The average Bonchev–Trinajstić information content (AvgIpc) is 3.29. The maximum Gasteiger partial charge on any atom is 0.355 e. The summed E-state index contributed by atoms with van der Waals surface area (Å²) in [5, 5.41) is 0. The van der Waals surface area contributed by atoms with Crippen molar-refractivity contribution in [3.05, 3.63) is 54.1 Å². The van der Waals surface area contributed by atoms with E-state index in [1.165, 1.54) is 6.07 Å². The molecular weight excluding hydrogens is 387 g/mol. The van der Waals surface area contributed by atoms with Gasteiger partial charge in [-0.1, -0.05) is 12.1 Å². The molecule has 0 N–H and O–H groups in total. The molecule has 0 saturated carbocycles. The Morgan fingerprint density at radius 1 is 1.07 bits per heavy atom. The number of halogens is 1. The minimum absolute atomic E-state index is 0.0569. The maximum absolute atomic E-state index is 14.0. The molecule has 30 heavy (non-hydrogen) atoms. The van der Waals surface area contributed by atoms with Crippen LogP contribution in [0.2, 0.25) is 0 Å². The summed E-state index contributed by atoms with van der Waals surface area (Å²) in [5.41, 5.74) is 2.62. The number of anilines is 1. The first-order chi connectivity index (χ1) is 14.5. The number of amides is 1. The molecular formula is C22H25FN4O3. The van der Waals surface area contributed by atoms with Gasteiger partial charge in [-0.3, -0.25) is 4.79 Å². The summed E-state index contributed by atoms with van der Waals surface area (Å²) in [6.45, 7) is 4.20. The molecule has 1 aliphatic heterocycles. The van der Waals surface area contributed by atoms with Crippen LogP contribution < -0.4 is 4.90 Å². The van der Waals surface area contributed by atoms with E-state index in [0.717, 1.165) is 11.0 Å². The molecule has 1 aliphatic rings. The van der Waals surface area contributed by atoms with Crippen LogP contribution in [0, 0.1) is 5.82 Å². The lowest BCUT2D eigenvalue weighted by atomic mass is 10.2. The number of ether oxygens (including phenoxy) is 1. The van der Waals surface area contributed by atoms with Gasteiger partial charge in [-0.15, -0.1) is 0 Å². The fourth-order valence-electron chi connectivity index (χ4n) is 3.95. The standard InChI is InChI=1S/C22H25FN4O3/c1-3-30-22(29)20-14-19-18(8-9-24(19)2)27(20)15-21(28)26-12-10-25(11-13-26)17-7-5-4-6-16(17)23/h4-9,14H,3,10-13,15H2,1-2H3. The van der Waals surface area contributed by atoms with Crippen molar-refractivity contribution in [3.63, 3.8) is 0 Å². The van der Waals surface area contributed by atoms with Gasteiger partial charge in [-0.25, -0.2) is 9.18 Å². The van der Waals surface area contributed by atoms with Gasteiger partial charge in [0.05, 0.1) is 23.3 Å². The van der Waals surface area contributed by atoms with E-state index in [1.807, 2.05) is 34.8 Å². The minimum Gasteiger partial charge on any atom is -0.461 e. The van der Waals surface area contributed by atoms with Gasteiger partial charge in [0.1, 0.15) is 18.1 Å². The molecule has 1 saturated heterocycles. The Morgan fingerprint density at radius 2 is 1.80 bits per heavy atom. The summed E-state index contributed by atoms with van der Waals surface area (Å²) >= 11 is 0. The summed E-state index contributed by atoms with van der Waals surface area (Å²) in [6.07, 6.45) is 1.90. The zero-order valence-electron chi connectivity index (χ0n) is 17.2. The Bertz CT molecular complexity index is 1080. The van der Waals surface area contributed by atoms with Crippen LogP contribution in [0.25, 0.3) is 11.0 Å². The molecule has 158 valence electrons. The van der Waals surface area contributed by atoms with Crippen molar-refractivity contribution in [1.29, 1.82) is 0 Å². The number of aryl methyl sites for hydroxylation is 1. The molecule has 3 aromatic rings. The Labute approximate surface area is 174 Å². The number of piperazine rings is 1. The average molecular weight is 412 g/mol. The summed E-state index contributed by atoms with van der Waals surface area (Å²) in [4.78, 5) is 29.1. The predicted octanol–water partition coefficient (Wildman–Crippen LogP) is 2.64. The molecule has 1 aromatic carbocycles. The van der Waals surface area contributed by atoms with Crippen molar-refractivity contribution in [3.8, 4) is 0 Å². The molecule has 2 aromatic heterocycles. The summed E-state index contributed by atoms with van der Waals surface area (Å²) < 4.78 is 22.8. The first-order valence-electron chi connectivity index (χ1n) is 10.1. The number of carbonyl (C=O) groups excluding carboxylic acids is 2. The summed E-state index contributed by atoms with van der Waals surface area (Å²) in [7, 11) is 1.89. The molecule has 1 amide bonds. The Morgan fingerprint density at radius 3 is 2.50 bits per heavy atom. The van der Waals surface area contributed by atoms with Crippen molar-refractivity contribution >= 4 is 28.6 Å². The molecule has 1 fully saturated rings. The number of hydrogen-bond acceptors (Lipinski definition) is 4. The summed E-state index contributed by atoms with van der Waals surface area (Å²) in [5.74, 6) is -0.767. The second-order valence-electron chi connectivity index (χ2n) is 7.35. The van der Waals surface area contributed by atoms with Crippen molar-refractivity contribution in [2.75, 3.05) is 37.7 Å². The zero-order valence-corrected chi connectivity index (χ0v) is 17.2. The number of nitrogens with zero attached hydrogens (tertiary/aromatic N) is 4. The second-order valence-corrected chi connectivity index (χ2v) is 7.35. The van der Waals surface area contributed by atoms with Gasteiger partial charge in [0.15, 0.2) is 0 Å². The normalized spacial score (nSPS) is 14.4. The van der Waals surface area contributed by atoms with Crippen LogP contribution in [0.4, 0.5) is 10.1 Å². The van der Waals surface area contributed by atoms with Crippen LogP contribution in [-0.4, -0.2) is 58.7 Å². The van der Waals surface area contributed by atoms with E-state index >= 15 is 0 Å². The fourth-order valence-corrected chi connectivity index (χ4v) is 3.95. The Kier molecular flexibility index (Phi) is 5.48. The van der Waals surface area contributed by atoms with Gasteiger partial charge in [-0.2, -0.15) is 0 Å². The monoisotopic (exact) mass is 412 g/mol. The molecule has 0 bridgehead atoms. The smallest absolute Gasteiger partial charge is 0.355 e. The van der Waals surface area contributed by atoms with Gasteiger partial charge >= 0.3 is 5.97 Å². The van der Waals surface area contributed by atoms with Crippen LogP contribution in [0.15, 0.2) is 42.6 Å². The van der Waals surface area contributed by atoms with E-state index in [2.05, 4.69) is 0 Å².